The van der Waals surface area contributed by atoms with Gasteiger partial charge in [0, 0.05) is 6.54 Å². The lowest BCUT2D eigenvalue weighted by Gasteiger charge is -2.11. The Morgan fingerprint density at radius 2 is 2.21 bits per heavy atom. The Morgan fingerprint density at radius 1 is 1.50 bits per heavy atom. The van der Waals surface area contributed by atoms with Crippen LogP contribution in [0.15, 0.2) is 29.2 Å². The first-order valence-electron chi connectivity index (χ1n) is 4.78. The molecule has 3 heteroatoms. The second-order valence-corrected chi connectivity index (χ2v) is 3.38. The normalized spacial score (nSPS) is 10.8. The molecule has 1 aromatic rings. The predicted octanol–water partition coefficient (Wildman–Crippen LogP) is 1.62. The van der Waals surface area contributed by atoms with Gasteiger partial charge in [-0.1, -0.05) is 6.08 Å². The first kappa shape index (κ1) is 11.0. The minimum absolute atomic E-state index is 0.783. The predicted molar refractivity (Wildman–Crippen MR) is 58.0 cm³/mol. The highest BCUT2D eigenvalue weighted by atomic mass is 16.3. The van der Waals surface area contributed by atoms with E-state index in [1.807, 2.05) is 32.3 Å². The number of rotatable bonds is 6. The van der Waals surface area contributed by atoms with E-state index < -0.39 is 0 Å². The maximum absolute atomic E-state index is 5.60. The number of hydrogen-bond acceptors (Lipinski definition) is 3. The maximum atomic E-state index is 5.60. The van der Waals surface area contributed by atoms with Gasteiger partial charge in [-0.15, -0.1) is 6.58 Å². The summed E-state index contributed by atoms with van der Waals surface area (Å²) in [4.78, 5) is 2.15. The van der Waals surface area contributed by atoms with E-state index in [2.05, 4.69) is 16.8 Å². The summed E-state index contributed by atoms with van der Waals surface area (Å²) in [6.45, 7) is 6.18. The van der Waals surface area contributed by atoms with Gasteiger partial charge in [-0.05, 0) is 26.2 Å². The third-order valence-electron chi connectivity index (χ3n) is 1.93. The lowest BCUT2D eigenvalue weighted by molar-refractivity contribution is 0.315. The van der Waals surface area contributed by atoms with Gasteiger partial charge in [0.2, 0.25) is 0 Å². The Labute approximate surface area is 85.4 Å². The van der Waals surface area contributed by atoms with Crippen LogP contribution < -0.4 is 5.32 Å². The fourth-order valence-corrected chi connectivity index (χ4v) is 1.33. The van der Waals surface area contributed by atoms with Crippen LogP contribution in [0.3, 0.4) is 0 Å². The van der Waals surface area contributed by atoms with E-state index in [4.69, 9.17) is 4.42 Å². The van der Waals surface area contributed by atoms with E-state index in [0.717, 1.165) is 31.2 Å². The van der Waals surface area contributed by atoms with Crippen molar-refractivity contribution in [3.8, 4) is 0 Å². The van der Waals surface area contributed by atoms with Gasteiger partial charge >= 0.3 is 0 Å². The van der Waals surface area contributed by atoms with Crippen LogP contribution in [0.5, 0.6) is 0 Å². The molecule has 1 rings (SSSR count). The molecule has 0 aliphatic rings. The molecule has 0 radical (unpaired) electrons. The summed E-state index contributed by atoms with van der Waals surface area (Å²) in [6.07, 6.45) is 1.89. The largest absolute Gasteiger partial charge is 0.463 e. The summed E-state index contributed by atoms with van der Waals surface area (Å²) >= 11 is 0. The highest BCUT2D eigenvalue weighted by Crippen LogP contribution is 2.09. The van der Waals surface area contributed by atoms with Crippen LogP contribution in [0.4, 0.5) is 0 Å². The van der Waals surface area contributed by atoms with E-state index in [-0.39, 0.29) is 0 Å². The molecule has 3 nitrogen and oxygen atoms in total. The molecule has 0 saturated carbocycles. The summed E-state index contributed by atoms with van der Waals surface area (Å²) < 4.78 is 5.60. The Hall–Kier alpha value is -1.06. The van der Waals surface area contributed by atoms with Crippen molar-refractivity contribution in [3.05, 3.63) is 36.3 Å². The monoisotopic (exact) mass is 194 g/mol. The first-order chi connectivity index (χ1) is 6.76. The Kier molecular flexibility index (Phi) is 4.43. The Morgan fingerprint density at radius 3 is 2.86 bits per heavy atom. The zero-order chi connectivity index (χ0) is 10.4. The van der Waals surface area contributed by atoms with E-state index in [0.29, 0.717) is 0 Å². The molecular weight excluding hydrogens is 176 g/mol. The summed E-state index contributed by atoms with van der Waals surface area (Å²) in [5.74, 6) is 1.98. The number of likely N-dealkylation sites (N-methyl/N-ethyl adjacent to an activating group) is 1. The van der Waals surface area contributed by atoms with Gasteiger partial charge in [0.15, 0.2) is 0 Å². The van der Waals surface area contributed by atoms with Crippen LogP contribution in [0.25, 0.3) is 0 Å². The quantitative estimate of drug-likeness (QED) is 0.697. The van der Waals surface area contributed by atoms with Crippen molar-refractivity contribution < 1.29 is 4.42 Å². The first-order valence-corrected chi connectivity index (χ1v) is 4.78. The van der Waals surface area contributed by atoms with Gasteiger partial charge < -0.3 is 9.73 Å². The average Bonchev–Trinajstić information content (AvgIpc) is 2.53. The van der Waals surface area contributed by atoms with Crippen molar-refractivity contribution in [2.75, 3.05) is 20.6 Å². The zero-order valence-corrected chi connectivity index (χ0v) is 8.92. The van der Waals surface area contributed by atoms with Crippen molar-refractivity contribution in [2.45, 2.75) is 13.1 Å². The van der Waals surface area contributed by atoms with E-state index >= 15 is 0 Å². The van der Waals surface area contributed by atoms with E-state index in [9.17, 15) is 0 Å². The minimum atomic E-state index is 0.783. The van der Waals surface area contributed by atoms with Crippen LogP contribution >= 0.6 is 0 Å². The smallest absolute Gasteiger partial charge is 0.118 e. The topological polar surface area (TPSA) is 28.4 Å². The highest BCUT2D eigenvalue weighted by molar-refractivity contribution is 5.07. The van der Waals surface area contributed by atoms with Crippen LogP contribution in [0, 0.1) is 0 Å². The number of hydrogen-bond donors (Lipinski definition) is 1. The summed E-state index contributed by atoms with van der Waals surface area (Å²) in [5.41, 5.74) is 0. The van der Waals surface area contributed by atoms with Gasteiger partial charge in [0.25, 0.3) is 0 Å². The zero-order valence-electron chi connectivity index (χ0n) is 8.92. The third kappa shape index (κ3) is 3.36. The van der Waals surface area contributed by atoms with E-state index in [1.54, 1.807) is 0 Å². The van der Waals surface area contributed by atoms with Crippen LogP contribution in [0.2, 0.25) is 0 Å². The van der Waals surface area contributed by atoms with Gasteiger partial charge in [-0.3, -0.25) is 4.90 Å². The van der Waals surface area contributed by atoms with Crippen LogP contribution in [-0.4, -0.2) is 25.5 Å². The fraction of sp³-hybridized carbons (Fsp3) is 0.455. The van der Waals surface area contributed by atoms with Crippen LogP contribution in [0.1, 0.15) is 11.5 Å². The molecule has 0 spiro atoms. The second-order valence-electron chi connectivity index (χ2n) is 3.38. The molecule has 78 valence electrons. The van der Waals surface area contributed by atoms with Gasteiger partial charge in [0.05, 0.1) is 13.1 Å². The molecule has 0 amide bonds. The molecule has 1 N–H and O–H groups in total. The Balaban J connectivity index is 2.46. The Bertz CT molecular complexity index is 281. The highest BCUT2D eigenvalue weighted by Gasteiger charge is 2.03. The molecule has 0 bridgehead atoms. The van der Waals surface area contributed by atoms with Crippen molar-refractivity contribution in [1.29, 1.82) is 0 Å². The van der Waals surface area contributed by atoms with Crippen LogP contribution in [-0.2, 0) is 13.1 Å². The molecule has 0 aliphatic carbocycles. The minimum Gasteiger partial charge on any atom is -0.463 e. The molecule has 14 heavy (non-hydrogen) atoms. The van der Waals surface area contributed by atoms with Crippen molar-refractivity contribution in [1.82, 2.24) is 10.2 Å². The second kappa shape index (κ2) is 5.62. The summed E-state index contributed by atoms with van der Waals surface area (Å²) in [7, 11) is 3.95. The number of furan rings is 1. The van der Waals surface area contributed by atoms with Crippen molar-refractivity contribution in [2.24, 2.45) is 0 Å². The lowest BCUT2D eigenvalue weighted by Crippen LogP contribution is -2.16. The molecule has 0 aliphatic heterocycles. The molecule has 0 atom stereocenters. The van der Waals surface area contributed by atoms with Crippen molar-refractivity contribution in [3.63, 3.8) is 0 Å². The van der Waals surface area contributed by atoms with E-state index in [1.165, 1.54) is 0 Å². The maximum Gasteiger partial charge on any atom is 0.118 e. The molecular formula is C11H18N2O. The van der Waals surface area contributed by atoms with Gasteiger partial charge in [0.1, 0.15) is 11.5 Å². The average molecular weight is 194 g/mol. The fourth-order valence-electron chi connectivity index (χ4n) is 1.33. The molecule has 0 aromatic carbocycles. The molecule has 0 saturated heterocycles. The number of nitrogens with zero attached hydrogens (tertiary/aromatic N) is 1. The third-order valence-corrected chi connectivity index (χ3v) is 1.93. The SMILES string of the molecule is C=CCN(C)Cc1ccc(CNC)o1. The standard InChI is InChI=1S/C11H18N2O/c1-4-7-13(3)9-11-6-5-10(14-11)8-12-2/h4-6,12H,1,7-9H2,2-3H3. The molecule has 1 aromatic heterocycles. The molecule has 1 heterocycles. The van der Waals surface area contributed by atoms with Gasteiger partial charge in [-0.25, -0.2) is 0 Å². The summed E-state index contributed by atoms with van der Waals surface area (Å²) in [5, 5.41) is 3.05. The summed E-state index contributed by atoms with van der Waals surface area (Å²) in [6, 6.07) is 4.03. The van der Waals surface area contributed by atoms with Crippen molar-refractivity contribution >= 4 is 0 Å². The van der Waals surface area contributed by atoms with Gasteiger partial charge in [-0.2, -0.15) is 0 Å². The molecule has 0 fully saturated rings. The number of nitrogens with one attached hydrogen (secondary N) is 1. The lowest BCUT2D eigenvalue weighted by atomic mass is 10.4. The molecule has 0 unspecified atom stereocenters.